The summed E-state index contributed by atoms with van der Waals surface area (Å²) in [5.41, 5.74) is 6.60. The lowest BCUT2D eigenvalue weighted by Gasteiger charge is -2.04. The van der Waals surface area contributed by atoms with Crippen molar-refractivity contribution in [3.8, 4) is 5.69 Å². The summed E-state index contributed by atoms with van der Waals surface area (Å²) >= 11 is 5.92. The number of hydrogen-bond donors (Lipinski definition) is 2. The quantitative estimate of drug-likeness (QED) is 0.879. The molecule has 1 aromatic carbocycles. The van der Waals surface area contributed by atoms with Gasteiger partial charge in [0.1, 0.15) is 0 Å². The van der Waals surface area contributed by atoms with Gasteiger partial charge in [-0.25, -0.2) is 0 Å². The SMILES string of the molecule is CC(C)Nc1nc(N)n(-c2cccc(Cl)c2)n1. The Hall–Kier alpha value is -1.75. The van der Waals surface area contributed by atoms with Crippen molar-refractivity contribution in [1.29, 1.82) is 0 Å². The van der Waals surface area contributed by atoms with Gasteiger partial charge in [-0.3, -0.25) is 0 Å². The average Bonchev–Trinajstić information content (AvgIpc) is 2.58. The molecule has 5 nitrogen and oxygen atoms in total. The van der Waals surface area contributed by atoms with Crippen molar-refractivity contribution in [2.75, 3.05) is 11.1 Å². The Morgan fingerprint density at radius 2 is 2.18 bits per heavy atom. The molecule has 3 N–H and O–H groups in total. The molecular formula is C11H14ClN5. The van der Waals surface area contributed by atoms with Gasteiger partial charge in [-0.15, -0.1) is 5.10 Å². The third-order valence-corrected chi connectivity index (χ3v) is 2.34. The van der Waals surface area contributed by atoms with Gasteiger partial charge in [0, 0.05) is 11.1 Å². The maximum absolute atomic E-state index is 5.92. The van der Waals surface area contributed by atoms with Crippen molar-refractivity contribution in [1.82, 2.24) is 14.8 Å². The standard InChI is InChI=1S/C11H14ClN5/c1-7(2)14-11-15-10(13)17(16-11)9-5-3-4-8(12)6-9/h3-7H,1-2H3,(H3,13,14,15,16). The van der Waals surface area contributed by atoms with Gasteiger partial charge in [-0.05, 0) is 32.0 Å². The molecule has 6 heteroatoms. The minimum absolute atomic E-state index is 0.254. The van der Waals surface area contributed by atoms with Crippen molar-refractivity contribution in [3.63, 3.8) is 0 Å². The van der Waals surface area contributed by atoms with Crippen molar-refractivity contribution < 1.29 is 0 Å². The molecular weight excluding hydrogens is 238 g/mol. The highest BCUT2D eigenvalue weighted by Crippen LogP contribution is 2.17. The number of nitrogens with one attached hydrogen (secondary N) is 1. The van der Waals surface area contributed by atoms with Crippen LogP contribution in [0.2, 0.25) is 5.02 Å². The molecule has 2 rings (SSSR count). The minimum Gasteiger partial charge on any atom is -0.368 e. The summed E-state index contributed by atoms with van der Waals surface area (Å²) in [5, 5.41) is 8.00. The predicted octanol–water partition coefficient (Wildman–Crippen LogP) is 2.32. The van der Waals surface area contributed by atoms with Gasteiger partial charge in [0.05, 0.1) is 5.69 Å². The molecule has 2 aromatic rings. The van der Waals surface area contributed by atoms with Crippen LogP contribution in [0.15, 0.2) is 24.3 Å². The van der Waals surface area contributed by atoms with E-state index in [4.69, 9.17) is 17.3 Å². The normalized spacial score (nSPS) is 10.8. The fourth-order valence-electron chi connectivity index (χ4n) is 1.44. The fraction of sp³-hybridized carbons (Fsp3) is 0.273. The third-order valence-electron chi connectivity index (χ3n) is 2.10. The Morgan fingerprint density at radius 3 is 2.82 bits per heavy atom. The second-order valence-electron chi connectivity index (χ2n) is 3.98. The number of rotatable bonds is 3. The number of nitrogens with two attached hydrogens (primary N) is 1. The van der Waals surface area contributed by atoms with Crippen LogP contribution in [0.4, 0.5) is 11.9 Å². The molecule has 17 heavy (non-hydrogen) atoms. The van der Waals surface area contributed by atoms with Gasteiger partial charge >= 0.3 is 0 Å². The molecule has 90 valence electrons. The summed E-state index contributed by atoms with van der Waals surface area (Å²) in [7, 11) is 0. The number of nitrogens with zero attached hydrogens (tertiary/aromatic N) is 3. The zero-order valence-electron chi connectivity index (χ0n) is 9.68. The van der Waals surface area contributed by atoms with Gasteiger partial charge in [0.15, 0.2) is 0 Å². The third kappa shape index (κ3) is 2.68. The minimum atomic E-state index is 0.254. The number of halogens is 1. The van der Waals surface area contributed by atoms with Crippen LogP contribution in [0.1, 0.15) is 13.8 Å². The van der Waals surface area contributed by atoms with Gasteiger partial charge in [0.25, 0.3) is 0 Å². The first-order valence-corrected chi connectivity index (χ1v) is 5.69. The van der Waals surface area contributed by atoms with Crippen LogP contribution in [0.3, 0.4) is 0 Å². The van der Waals surface area contributed by atoms with Crippen LogP contribution < -0.4 is 11.1 Å². The van der Waals surface area contributed by atoms with E-state index < -0.39 is 0 Å². The van der Waals surface area contributed by atoms with Crippen LogP contribution in [0.25, 0.3) is 5.69 Å². The predicted molar refractivity (Wildman–Crippen MR) is 69.5 cm³/mol. The molecule has 0 atom stereocenters. The lowest BCUT2D eigenvalue weighted by Crippen LogP contribution is -2.11. The number of anilines is 2. The molecule has 0 radical (unpaired) electrons. The summed E-state index contributed by atoms with van der Waals surface area (Å²) in [6.07, 6.45) is 0. The molecule has 0 spiro atoms. The average molecular weight is 252 g/mol. The fourth-order valence-corrected chi connectivity index (χ4v) is 1.63. The zero-order valence-corrected chi connectivity index (χ0v) is 10.4. The first kappa shape index (κ1) is 11.7. The molecule has 0 aliphatic heterocycles. The highest BCUT2D eigenvalue weighted by atomic mass is 35.5. The summed E-state index contributed by atoms with van der Waals surface area (Å²) in [6.45, 7) is 4.02. The molecule has 0 aliphatic carbocycles. The number of aromatic nitrogens is 3. The van der Waals surface area contributed by atoms with Gasteiger partial charge < -0.3 is 11.1 Å². The number of benzene rings is 1. The van der Waals surface area contributed by atoms with E-state index in [9.17, 15) is 0 Å². The molecule has 1 aromatic heterocycles. The van der Waals surface area contributed by atoms with Crippen LogP contribution in [0, 0.1) is 0 Å². The van der Waals surface area contributed by atoms with Crippen molar-refractivity contribution in [2.24, 2.45) is 0 Å². The van der Waals surface area contributed by atoms with Crippen molar-refractivity contribution >= 4 is 23.5 Å². The van der Waals surface area contributed by atoms with E-state index in [-0.39, 0.29) is 6.04 Å². The maximum atomic E-state index is 5.92. The largest absolute Gasteiger partial charge is 0.368 e. The highest BCUT2D eigenvalue weighted by Gasteiger charge is 2.09. The summed E-state index contributed by atoms with van der Waals surface area (Å²) in [5.74, 6) is 0.841. The van der Waals surface area contributed by atoms with Gasteiger partial charge in [-0.1, -0.05) is 17.7 Å². The summed E-state index contributed by atoms with van der Waals surface area (Å²) in [4.78, 5) is 4.13. The second kappa shape index (κ2) is 4.63. The summed E-state index contributed by atoms with van der Waals surface area (Å²) < 4.78 is 1.55. The Balaban J connectivity index is 2.36. The van der Waals surface area contributed by atoms with Gasteiger partial charge in [-0.2, -0.15) is 9.67 Å². The van der Waals surface area contributed by atoms with Crippen LogP contribution in [-0.4, -0.2) is 20.8 Å². The van der Waals surface area contributed by atoms with Crippen molar-refractivity contribution in [3.05, 3.63) is 29.3 Å². The first-order valence-electron chi connectivity index (χ1n) is 5.31. The summed E-state index contributed by atoms with van der Waals surface area (Å²) in [6, 6.07) is 7.55. The van der Waals surface area contributed by atoms with E-state index in [1.54, 1.807) is 16.8 Å². The van der Waals surface area contributed by atoms with Gasteiger partial charge in [0.2, 0.25) is 11.9 Å². The maximum Gasteiger partial charge on any atom is 0.244 e. The Labute approximate surface area is 105 Å². The van der Waals surface area contributed by atoms with Crippen LogP contribution in [-0.2, 0) is 0 Å². The molecule has 0 amide bonds. The molecule has 0 aliphatic rings. The van der Waals surface area contributed by atoms with E-state index in [1.165, 1.54) is 0 Å². The highest BCUT2D eigenvalue weighted by molar-refractivity contribution is 6.30. The Morgan fingerprint density at radius 1 is 1.41 bits per heavy atom. The molecule has 0 unspecified atom stereocenters. The molecule has 0 saturated carbocycles. The molecule has 0 fully saturated rings. The lowest BCUT2D eigenvalue weighted by molar-refractivity contribution is 0.849. The smallest absolute Gasteiger partial charge is 0.244 e. The van der Waals surface area contributed by atoms with E-state index in [0.717, 1.165) is 5.69 Å². The van der Waals surface area contributed by atoms with E-state index in [0.29, 0.717) is 16.9 Å². The van der Waals surface area contributed by atoms with E-state index >= 15 is 0 Å². The zero-order chi connectivity index (χ0) is 12.4. The first-order chi connectivity index (χ1) is 8.06. The molecule has 0 saturated heterocycles. The molecule has 1 heterocycles. The monoisotopic (exact) mass is 251 g/mol. The van der Waals surface area contributed by atoms with E-state index in [1.807, 2.05) is 26.0 Å². The number of hydrogen-bond acceptors (Lipinski definition) is 4. The van der Waals surface area contributed by atoms with Crippen molar-refractivity contribution in [2.45, 2.75) is 19.9 Å². The van der Waals surface area contributed by atoms with Crippen LogP contribution >= 0.6 is 11.6 Å². The second-order valence-corrected chi connectivity index (χ2v) is 4.42. The number of nitrogen functional groups attached to an aromatic ring is 1. The van der Waals surface area contributed by atoms with Crippen LogP contribution in [0.5, 0.6) is 0 Å². The molecule has 0 bridgehead atoms. The topological polar surface area (TPSA) is 68.8 Å². The van der Waals surface area contributed by atoms with E-state index in [2.05, 4.69) is 15.4 Å². The Kier molecular flexibility index (Phi) is 3.19. The lowest BCUT2D eigenvalue weighted by atomic mass is 10.3. The Bertz CT molecular complexity index is 520.